The summed E-state index contributed by atoms with van der Waals surface area (Å²) in [5.74, 6) is -0.890. The van der Waals surface area contributed by atoms with Crippen LogP contribution in [-0.4, -0.2) is 0 Å². The van der Waals surface area contributed by atoms with Crippen molar-refractivity contribution in [2.45, 2.75) is 12.4 Å². The van der Waals surface area contributed by atoms with Crippen molar-refractivity contribution in [1.29, 1.82) is 0 Å². The summed E-state index contributed by atoms with van der Waals surface area (Å²) in [6, 6.07) is 2.30. The maximum Gasteiger partial charge on any atom is 0.419 e. The van der Waals surface area contributed by atoms with Gasteiger partial charge in [-0.2, -0.15) is 26.3 Å². The number of hydrogen-bond donors (Lipinski definition) is 0. The predicted octanol–water partition coefficient (Wildman–Crippen LogP) is 5.38. The van der Waals surface area contributed by atoms with Gasteiger partial charge in [-0.3, -0.25) is 0 Å². The minimum Gasteiger partial charge on any atom is -0.456 e. The maximum atomic E-state index is 12.7. The van der Waals surface area contributed by atoms with E-state index in [0.717, 1.165) is 11.3 Å². The quantitative estimate of drug-likeness (QED) is 0.677. The van der Waals surface area contributed by atoms with Crippen LogP contribution in [0.5, 0.6) is 11.5 Å². The zero-order chi connectivity index (χ0) is 15.0. The summed E-state index contributed by atoms with van der Waals surface area (Å²) in [4.78, 5) is 0. The molecule has 0 aliphatic rings. The summed E-state index contributed by atoms with van der Waals surface area (Å²) in [7, 11) is 0. The molecule has 0 saturated heterocycles. The second kappa shape index (κ2) is 5.01. The number of thiophene rings is 1. The summed E-state index contributed by atoms with van der Waals surface area (Å²) < 4.78 is 80.7. The van der Waals surface area contributed by atoms with Gasteiger partial charge in [-0.1, -0.05) is 0 Å². The molecule has 0 atom stereocenters. The smallest absolute Gasteiger partial charge is 0.419 e. The maximum absolute atomic E-state index is 12.7. The number of benzene rings is 1. The van der Waals surface area contributed by atoms with E-state index < -0.39 is 29.2 Å². The summed E-state index contributed by atoms with van der Waals surface area (Å²) in [6.45, 7) is 0. The summed E-state index contributed by atoms with van der Waals surface area (Å²) >= 11 is 1.03. The van der Waals surface area contributed by atoms with Gasteiger partial charge in [0.1, 0.15) is 11.5 Å². The molecule has 0 aliphatic carbocycles. The van der Waals surface area contributed by atoms with Crippen LogP contribution in [0.1, 0.15) is 11.1 Å². The van der Waals surface area contributed by atoms with Crippen molar-refractivity contribution in [2.24, 2.45) is 0 Å². The lowest BCUT2D eigenvalue weighted by molar-refractivity contribution is -0.142. The van der Waals surface area contributed by atoms with Gasteiger partial charge < -0.3 is 4.74 Å². The first-order valence-corrected chi connectivity index (χ1v) is 5.97. The fourth-order valence-electron chi connectivity index (χ4n) is 1.42. The highest BCUT2D eigenvalue weighted by atomic mass is 32.1. The highest BCUT2D eigenvalue weighted by Gasteiger charge is 2.38. The molecule has 2 aromatic rings. The fraction of sp³-hybridized carbons (Fsp3) is 0.167. The number of alkyl halides is 6. The number of hydrogen-bond acceptors (Lipinski definition) is 2. The summed E-state index contributed by atoms with van der Waals surface area (Å²) in [5.41, 5.74) is -2.48. The van der Waals surface area contributed by atoms with Crippen molar-refractivity contribution in [3.63, 3.8) is 0 Å². The van der Waals surface area contributed by atoms with Crippen molar-refractivity contribution in [3.8, 4) is 11.5 Å². The summed E-state index contributed by atoms with van der Waals surface area (Å²) in [5, 5.41) is 3.90. The second-order valence-corrected chi connectivity index (χ2v) is 4.42. The van der Waals surface area contributed by atoms with E-state index >= 15 is 0 Å². The van der Waals surface area contributed by atoms with E-state index in [9.17, 15) is 26.3 Å². The van der Waals surface area contributed by atoms with E-state index in [0.29, 0.717) is 18.2 Å². The lowest BCUT2D eigenvalue weighted by Gasteiger charge is -2.15. The molecule has 1 aromatic carbocycles. The van der Waals surface area contributed by atoms with Gasteiger partial charge in [0.2, 0.25) is 0 Å². The third-order valence-electron chi connectivity index (χ3n) is 2.29. The molecule has 0 fully saturated rings. The SMILES string of the molecule is FC(F)(F)c1ccc(C(F)(F)F)c(Oc2c[c]sc2)c1. The van der Waals surface area contributed by atoms with E-state index in [1.165, 1.54) is 11.4 Å². The Morgan fingerprint density at radius 2 is 1.70 bits per heavy atom. The lowest BCUT2D eigenvalue weighted by atomic mass is 10.1. The first kappa shape index (κ1) is 14.7. The monoisotopic (exact) mass is 311 g/mol. The van der Waals surface area contributed by atoms with E-state index in [4.69, 9.17) is 4.74 Å². The van der Waals surface area contributed by atoms with E-state index in [2.05, 4.69) is 5.38 Å². The van der Waals surface area contributed by atoms with E-state index in [-0.39, 0.29) is 5.75 Å². The van der Waals surface area contributed by atoms with Crippen LogP contribution < -0.4 is 4.74 Å². The Hall–Kier alpha value is -1.70. The molecule has 0 unspecified atom stereocenters. The average Bonchev–Trinajstić information content (AvgIpc) is 2.79. The molecule has 1 nitrogen and oxygen atoms in total. The number of ether oxygens (including phenoxy) is 1. The topological polar surface area (TPSA) is 9.23 Å². The molecule has 1 radical (unpaired) electrons. The van der Waals surface area contributed by atoms with Crippen LogP contribution in [0.3, 0.4) is 0 Å². The van der Waals surface area contributed by atoms with Gasteiger partial charge in [-0.25, -0.2) is 0 Å². The Morgan fingerprint density at radius 1 is 1.00 bits per heavy atom. The van der Waals surface area contributed by atoms with Gasteiger partial charge in [0, 0.05) is 16.8 Å². The van der Waals surface area contributed by atoms with E-state index in [1.807, 2.05) is 0 Å². The molecule has 20 heavy (non-hydrogen) atoms. The van der Waals surface area contributed by atoms with Gasteiger partial charge in [-0.15, -0.1) is 11.3 Å². The zero-order valence-electron chi connectivity index (χ0n) is 9.47. The first-order chi connectivity index (χ1) is 9.18. The largest absolute Gasteiger partial charge is 0.456 e. The standard InChI is InChI=1S/C12H5F6OS/c13-11(14,15)7-1-2-9(12(16,17)18)10(5-7)19-8-3-4-20-6-8/h1-3,5-6H. The fourth-order valence-corrected chi connectivity index (χ4v) is 1.90. The molecule has 1 aromatic heterocycles. The third kappa shape index (κ3) is 3.24. The summed E-state index contributed by atoms with van der Waals surface area (Å²) in [6.07, 6.45) is -9.55. The van der Waals surface area contributed by atoms with Gasteiger partial charge in [0.15, 0.2) is 0 Å². The molecular weight excluding hydrogens is 306 g/mol. The van der Waals surface area contributed by atoms with Crippen LogP contribution in [0, 0.1) is 5.38 Å². The van der Waals surface area contributed by atoms with Crippen LogP contribution in [0.15, 0.2) is 29.6 Å². The van der Waals surface area contributed by atoms with Gasteiger partial charge >= 0.3 is 12.4 Å². The predicted molar refractivity (Wildman–Crippen MR) is 59.7 cm³/mol. The van der Waals surface area contributed by atoms with E-state index in [1.54, 1.807) is 0 Å². The van der Waals surface area contributed by atoms with Crippen molar-refractivity contribution in [1.82, 2.24) is 0 Å². The molecular formula is C12H5F6OS. The van der Waals surface area contributed by atoms with Gasteiger partial charge in [0.25, 0.3) is 0 Å². The van der Waals surface area contributed by atoms with Gasteiger partial charge in [0.05, 0.1) is 11.1 Å². The lowest BCUT2D eigenvalue weighted by Crippen LogP contribution is -2.10. The van der Waals surface area contributed by atoms with Gasteiger partial charge in [-0.05, 0) is 18.2 Å². The normalized spacial score (nSPS) is 12.5. The van der Waals surface area contributed by atoms with Crippen molar-refractivity contribution < 1.29 is 31.1 Å². The molecule has 0 saturated carbocycles. The third-order valence-corrected chi connectivity index (χ3v) is 2.89. The highest BCUT2D eigenvalue weighted by molar-refractivity contribution is 7.07. The molecule has 2 rings (SSSR count). The number of halogens is 6. The zero-order valence-corrected chi connectivity index (χ0v) is 10.3. The Kier molecular flexibility index (Phi) is 3.68. The molecule has 0 amide bonds. The first-order valence-electron chi connectivity index (χ1n) is 5.09. The van der Waals surface area contributed by atoms with Crippen LogP contribution in [-0.2, 0) is 12.4 Å². The second-order valence-electron chi connectivity index (χ2n) is 3.71. The molecule has 8 heteroatoms. The number of rotatable bonds is 2. The molecule has 0 spiro atoms. The minimum atomic E-state index is -4.81. The van der Waals surface area contributed by atoms with Crippen LogP contribution in [0.4, 0.5) is 26.3 Å². The molecule has 1 heterocycles. The molecule has 0 aliphatic heterocycles. The Labute approximate surface area is 113 Å². The Morgan fingerprint density at radius 3 is 2.20 bits per heavy atom. The Bertz CT molecular complexity index is 585. The van der Waals surface area contributed by atoms with Crippen molar-refractivity contribution in [2.75, 3.05) is 0 Å². The van der Waals surface area contributed by atoms with Crippen LogP contribution in [0.2, 0.25) is 0 Å². The van der Waals surface area contributed by atoms with Crippen molar-refractivity contribution >= 4 is 11.3 Å². The minimum absolute atomic E-state index is 0.000163. The average molecular weight is 311 g/mol. The Balaban J connectivity index is 2.48. The van der Waals surface area contributed by atoms with Crippen molar-refractivity contribution in [3.05, 3.63) is 46.2 Å². The highest BCUT2D eigenvalue weighted by Crippen LogP contribution is 2.41. The van der Waals surface area contributed by atoms with Crippen LogP contribution in [0.25, 0.3) is 0 Å². The molecule has 0 bridgehead atoms. The van der Waals surface area contributed by atoms with Crippen LogP contribution >= 0.6 is 11.3 Å². The molecule has 0 N–H and O–H groups in total. The molecule has 107 valence electrons.